The van der Waals surface area contributed by atoms with E-state index in [-0.39, 0.29) is 16.6 Å². The van der Waals surface area contributed by atoms with Gasteiger partial charge in [-0.2, -0.15) is 0 Å². The molecule has 0 fully saturated rings. The Hall–Kier alpha value is -0.870. The Morgan fingerprint density at radius 3 is 1.64 bits per heavy atom. The van der Waals surface area contributed by atoms with E-state index in [2.05, 4.69) is 0 Å². The molecule has 3 N–H and O–H groups in total. The van der Waals surface area contributed by atoms with Crippen LogP contribution in [-0.4, -0.2) is 14.9 Å². The molecule has 1 aromatic rings. The lowest BCUT2D eigenvalue weighted by Gasteiger charge is -2.38. The quantitative estimate of drug-likeness (QED) is 0.625. The fraction of sp³-hybridized carbons (Fsp3) is 0.684. The van der Waals surface area contributed by atoms with Crippen LogP contribution in [0.3, 0.4) is 0 Å². The molecule has 144 valence electrons. The van der Waals surface area contributed by atoms with Crippen LogP contribution in [0.5, 0.6) is 5.75 Å². The molecule has 0 bridgehead atoms. The van der Waals surface area contributed by atoms with Crippen molar-refractivity contribution >= 4 is 7.82 Å². The molecule has 25 heavy (non-hydrogen) atoms. The Kier molecular flexibility index (Phi) is 6.24. The number of hydrogen-bond donors (Lipinski definition) is 3. The van der Waals surface area contributed by atoms with Gasteiger partial charge in [-0.1, -0.05) is 55.4 Å². The maximum absolute atomic E-state index is 11.7. The molecule has 6 heteroatoms. The van der Waals surface area contributed by atoms with Gasteiger partial charge >= 0.3 is 7.82 Å². The number of rotatable bonds is 5. The van der Waals surface area contributed by atoms with Crippen LogP contribution in [0.2, 0.25) is 0 Å². The van der Waals surface area contributed by atoms with Gasteiger partial charge in [-0.05, 0) is 52.5 Å². The van der Waals surface area contributed by atoms with Crippen LogP contribution in [0.25, 0.3) is 0 Å². The molecule has 0 saturated carbocycles. The fourth-order valence-electron chi connectivity index (χ4n) is 3.22. The number of benzene rings is 1. The van der Waals surface area contributed by atoms with Gasteiger partial charge in [0.1, 0.15) is 11.4 Å². The van der Waals surface area contributed by atoms with E-state index in [0.29, 0.717) is 12.8 Å². The fourth-order valence-corrected chi connectivity index (χ4v) is 4.04. The Morgan fingerprint density at radius 1 is 0.880 bits per heavy atom. The highest BCUT2D eigenvalue weighted by atomic mass is 31.2. The first-order valence-electron chi connectivity index (χ1n) is 8.72. The summed E-state index contributed by atoms with van der Waals surface area (Å²) in [7, 11) is -4.69. The number of hydrogen-bond acceptors (Lipinski definition) is 3. The molecule has 0 saturated heterocycles. The lowest BCUT2D eigenvalue weighted by Crippen LogP contribution is -2.32. The Morgan fingerprint density at radius 2 is 1.32 bits per heavy atom. The monoisotopic (exact) mass is 372 g/mol. The van der Waals surface area contributed by atoms with Crippen molar-refractivity contribution in [2.24, 2.45) is 0 Å². The SMILES string of the molecule is CCC(CC)(OP(=O)(O)O)c1cc(C(C)(C)C)c(O)cc1C(C)(C)C. The van der Waals surface area contributed by atoms with Crippen LogP contribution < -0.4 is 0 Å². The van der Waals surface area contributed by atoms with E-state index < -0.39 is 13.4 Å². The summed E-state index contributed by atoms with van der Waals surface area (Å²) in [5.41, 5.74) is 0.541. The van der Waals surface area contributed by atoms with Gasteiger partial charge in [0.25, 0.3) is 0 Å². The predicted molar refractivity (Wildman–Crippen MR) is 101 cm³/mol. The molecular weight excluding hydrogens is 339 g/mol. The zero-order valence-electron chi connectivity index (χ0n) is 16.7. The lowest BCUT2D eigenvalue weighted by molar-refractivity contribution is 0.0215. The molecule has 0 heterocycles. The summed E-state index contributed by atoms with van der Waals surface area (Å²) >= 11 is 0. The molecule has 1 rings (SSSR count). The Bertz CT molecular complexity index is 658. The Balaban J connectivity index is 3.87. The van der Waals surface area contributed by atoms with Crippen molar-refractivity contribution in [3.63, 3.8) is 0 Å². The van der Waals surface area contributed by atoms with Gasteiger partial charge in [0.2, 0.25) is 0 Å². The van der Waals surface area contributed by atoms with Crippen LogP contribution in [0.1, 0.15) is 84.9 Å². The lowest BCUT2D eigenvalue weighted by atomic mass is 9.73. The van der Waals surface area contributed by atoms with Crippen LogP contribution >= 0.6 is 7.82 Å². The van der Waals surface area contributed by atoms with Crippen LogP contribution in [0.15, 0.2) is 12.1 Å². The molecule has 0 aliphatic heterocycles. The first-order valence-corrected chi connectivity index (χ1v) is 10.2. The van der Waals surface area contributed by atoms with E-state index in [1.165, 1.54) is 0 Å². The highest BCUT2D eigenvalue weighted by Crippen LogP contribution is 2.52. The first-order chi connectivity index (χ1) is 11.1. The summed E-state index contributed by atoms with van der Waals surface area (Å²) < 4.78 is 17.0. The standard InChI is InChI=1S/C19H33O5P/c1-9-19(10-2,24-25(21,22)23)14-11-15(18(6,7)8)16(20)12-13(14)17(3,4)5/h11-12,20H,9-10H2,1-8H3,(H2,21,22,23). The smallest absolute Gasteiger partial charge is 0.470 e. The summed E-state index contributed by atoms with van der Waals surface area (Å²) in [5, 5.41) is 10.6. The number of phenolic OH excluding ortho intramolecular Hbond substituents is 1. The number of phosphoric acid groups is 1. The molecule has 0 aliphatic rings. The van der Waals surface area contributed by atoms with E-state index >= 15 is 0 Å². The predicted octanol–water partition coefficient (Wildman–Crippen LogP) is 5.11. The summed E-state index contributed by atoms with van der Waals surface area (Å²) in [6.07, 6.45) is 0.818. The van der Waals surface area contributed by atoms with Crippen molar-refractivity contribution in [1.29, 1.82) is 0 Å². The summed E-state index contributed by atoms with van der Waals surface area (Å²) in [6, 6.07) is 3.58. The van der Waals surface area contributed by atoms with Gasteiger partial charge < -0.3 is 14.9 Å². The van der Waals surface area contributed by atoms with E-state index in [1.807, 2.05) is 61.5 Å². The minimum Gasteiger partial charge on any atom is -0.508 e. The molecule has 1 aromatic carbocycles. The van der Waals surface area contributed by atoms with Gasteiger partial charge in [-0.25, -0.2) is 4.57 Å². The third-order valence-corrected chi connectivity index (χ3v) is 5.27. The maximum atomic E-state index is 11.7. The minimum atomic E-state index is -4.69. The second-order valence-electron chi connectivity index (χ2n) is 8.70. The molecule has 0 unspecified atom stereocenters. The van der Waals surface area contributed by atoms with Crippen molar-refractivity contribution in [2.75, 3.05) is 0 Å². The summed E-state index contributed by atoms with van der Waals surface area (Å²) in [5.74, 6) is 0.193. The van der Waals surface area contributed by atoms with Crippen molar-refractivity contribution in [3.8, 4) is 5.75 Å². The minimum absolute atomic E-state index is 0.193. The molecule has 0 aliphatic carbocycles. The second-order valence-corrected chi connectivity index (χ2v) is 9.86. The van der Waals surface area contributed by atoms with Crippen LogP contribution in [0, 0.1) is 0 Å². The van der Waals surface area contributed by atoms with Crippen LogP contribution in [0.4, 0.5) is 0 Å². The third-order valence-electron chi connectivity index (χ3n) is 4.68. The molecule has 0 spiro atoms. The molecule has 5 nitrogen and oxygen atoms in total. The summed E-state index contributed by atoms with van der Waals surface area (Å²) in [6.45, 7) is 15.7. The van der Waals surface area contributed by atoms with Gasteiger partial charge in [0.05, 0.1) is 0 Å². The second kappa shape index (κ2) is 7.03. The number of phenols is 1. The normalized spacial score (nSPS) is 14.0. The van der Waals surface area contributed by atoms with Gasteiger partial charge in [0.15, 0.2) is 0 Å². The van der Waals surface area contributed by atoms with Gasteiger partial charge in [-0.15, -0.1) is 0 Å². The molecular formula is C19H33O5P. The van der Waals surface area contributed by atoms with Crippen molar-refractivity contribution in [3.05, 3.63) is 28.8 Å². The highest BCUT2D eigenvalue weighted by Gasteiger charge is 2.41. The average Bonchev–Trinajstić information content (AvgIpc) is 2.41. The van der Waals surface area contributed by atoms with E-state index in [0.717, 1.165) is 16.7 Å². The van der Waals surface area contributed by atoms with E-state index in [4.69, 9.17) is 4.52 Å². The highest BCUT2D eigenvalue weighted by molar-refractivity contribution is 7.46. The molecule has 0 radical (unpaired) electrons. The first kappa shape index (κ1) is 22.2. The zero-order chi connectivity index (χ0) is 19.8. The van der Waals surface area contributed by atoms with Gasteiger partial charge in [-0.3, -0.25) is 4.52 Å². The van der Waals surface area contributed by atoms with E-state index in [1.54, 1.807) is 6.07 Å². The Labute approximate surface area is 151 Å². The van der Waals surface area contributed by atoms with Crippen molar-refractivity contribution in [2.45, 2.75) is 84.7 Å². The molecule has 0 aromatic heterocycles. The zero-order valence-corrected chi connectivity index (χ0v) is 17.6. The summed E-state index contributed by atoms with van der Waals surface area (Å²) in [4.78, 5) is 19.0. The van der Waals surface area contributed by atoms with E-state index in [9.17, 15) is 19.5 Å². The average molecular weight is 372 g/mol. The topological polar surface area (TPSA) is 87.0 Å². The molecule has 0 amide bonds. The van der Waals surface area contributed by atoms with Crippen molar-refractivity contribution in [1.82, 2.24) is 0 Å². The van der Waals surface area contributed by atoms with Crippen molar-refractivity contribution < 1.29 is 24.0 Å². The maximum Gasteiger partial charge on any atom is 0.470 e. The number of aromatic hydroxyl groups is 1. The van der Waals surface area contributed by atoms with Crippen LogP contribution in [-0.2, 0) is 25.5 Å². The largest absolute Gasteiger partial charge is 0.508 e. The third kappa shape index (κ3) is 5.07. The molecule has 0 atom stereocenters. The van der Waals surface area contributed by atoms with Gasteiger partial charge in [0, 0.05) is 0 Å². The number of phosphoric ester groups is 1.